The Morgan fingerprint density at radius 3 is 2.82 bits per heavy atom. The van der Waals surface area contributed by atoms with Crippen molar-refractivity contribution in [3.63, 3.8) is 0 Å². The number of carbonyl (C=O) groups is 1. The first-order valence-corrected chi connectivity index (χ1v) is 10.4. The van der Waals surface area contributed by atoms with Crippen molar-refractivity contribution in [3.8, 4) is 11.3 Å². The summed E-state index contributed by atoms with van der Waals surface area (Å²) < 4.78 is 5.34. The van der Waals surface area contributed by atoms with Gasteiger partial charge in [0.05, 0.1) is 25.1 Å². The van der Waals surface area contributed by atoms with Crippen LogP contribution in [0.4, 0.5) is 0 Å². The Hall–Kier alpha value is -2.18. The zero-order chi connectivity index (χ0) is 19.2. The van der Waals surface area contributed by atoms with E-state index in [-0.39, 0.29) is 0 Å². The number of carbonyl (C=O) groups excluding carboxylic acids is 1. The third-order valence-corrected chi connectivity index (χ3v) is 5.91. The molecule has 0 aliphatic carbocycles. The van der Waals surface area contributed by atoms with Gasteiger partial charge in [0.1, 0.15) is 0 Å². The van der Waals surface area contributed by atoms with Crippen LogP contribution in [-0.2, 0) is 16.1 Å². The lowest BCUT2D eigenvalue weighted by Gasteiger charge is -2.33. The Morgan fingerprint density at radius 1 is 1.18 bits per heavy atom. The Bertz CT molecular complexity index is 755. The Morgan fingerprint density at radius 2 is 2.00 bits per heavy atom. The van der Waals surface area contributed by atoms with Crippen molar-refractivity contribution in [1.29, 1.82) is 0 Å². The molecular weight excluding hydrogens is 352 g/mol. The Balaban J connectivity index is 1.30. The Labute approximate surface area is 166 Å². The standard InChI is InChI=1S/C22H30N4O2/c27-21(26-11-13-28-14-12-26)9-8-18-5-4-10-25(16-18)17-20-15-23-24-22(20)19-6-2-1-3-7-19/h1-3,6-7,15,18H,4-5,8-14,16-17H2,(H,23,24)/t18-/m1/s1. The second kappa shape index (κ2) is 9.34. The molecule has 2 aliphatic heterocycles. The van der Waals surface area contributed by atoms with Crippen LogP contribution < -0.4 is 0 Å². The summed E-state index contributed by atoms with van der Waals surface area (Å²) in [4.78, 5) is 16.9. The molecule has 2 fully saturated rings. The molecule has 0 bridgehead atoms. The van der Waals surface area contributed by atoms with Crippen molar-refractivity contribution in [2.45, 2.75) is 32.2 Å². The van der Waals surface area contributed by atoms with Gasteiger partial charge in [-0.15, -0.1) is 0 Å². The number of hydrogen-bond donors (Lipinski definition) is 1. The number of piperidine rings is 1. The maximum absolute atomic E-state index is 12.4. The van der Waals surface area contributed by atoms with Crippen molar-refractivity contribution in [3.05, 3.63) is 42.1 Å². The van der Waals surface area contributed by atoms with Crippen LogP contribution in [0.1, 0.15) is 31.2 Å². The van der Waals surface area contributed by atoms with Crippen LogP contribution in [0.5, 0.6) is 0 Å². The van der Waals surface area contributed by atoms with Crippen LogP contribution in [0.15, 0.2) is 36.5 Å². The molecule has 150 valence electrons. The molecule has 6 heteroatoms. The van der Waals surface area contributed by atoms with Crippen LogP contribution in [-0.4, -0.2) is 65.3 Å². The molecule has 1 aromatic carbocycles. The molecule has 2 aliphatic rings. The van der Waals surface area contributed by atoms with E-state index in [4.69, 9.17) is 4.74 Å². The maximum Gasteiger partial charge on any atom is 0.222 e. The van der Waals surface area contributed by atoms with Gasteiger partial charge in [-0.1, -0.05) is 30.3 Å². The van der Waals surface area contributed by atoms with E-state index in [1.165, 1.54) is 24.0 Å². The molecule has 1 N–H and O–H groups in total. The number of rotatable bonds is 6. The minimum absolute atomic E-state index is 0.293. The van der Waals surface area contributed by atoms with E-state index in [0.717, 1.165) is 44.8 Å². The molecule has 0 unspecified atom stereocenters. The van der Waals surface area contributed by atoms with E-state index in [2.05, 4.69) is 39.4 Å². The van der Waals surface area contributed by atoms with Gasteiger partial charge in [-0.05, 0) is 37.3 Å². The smallest absolute Gasteiger partial charge is 0.222 e. The van der Waals surface area contributed by atoms with Crippen LogP contribution >= 0.6 is 0 Å². The van der Waals surface area contributed by atoms with Crippen LogP contribution in [0.25, 0.3) is 11.3 Å². The van der Waals surface area contributed by atoms with Crippen molar-refractivity contribution in [1.82, 2.24) is 20.0 Å². The monoisotopic (exact) mass is 382 g/mol. The Kier molecular flexibility index (Phi) is 6.39. The van der Waals surface area contributed by atoms with Gasteiger partial charge in [-0.25, -0.2) is 0 Å². The van der Waals surface area contributed by atoms with Gasteiger partial charge in [-0.3, -0.25) is 14.8 Å². The average Bonchev–Trinajstić information content (AvgIpc) is 3.21. The molecule has 2 saturated heterocycles. The van der Waals surface area contributed by atoms with E-state index in [0.29, 0.717) is 31.5 Å². The number of hydrogen-bond acceptors (Lipinski definition) is 4. The minimum Gasteiger partial charge on any atom is -0.378 e. The number of nitrogens with one attached hydrogen (secondary N) is 1. The second-order valence-corrected chi connectivity index (χ2v) is 7.91. The number of H-pyrrole nitrogens is 1. The highest BCUT2D eigenvalue weighted by Gasteiger charge is 2.23. The van der Waals surface area contributed by atoms with E-state index < -0.39 is 0 Å². The zero-order valence-corrected chi connectivity index (χ0v) is 16.5. The van der Waals surface area contributed by atoms with E-state index in [9.17, 15) is 4.79 Å². The highest BCUT2D eigenvalue weighted by molar-refractivity contribution is 5.76. The lowest BCUT2D eigenvalue weighted by molar-refractivity contribution is -0.135. The fraction of sp³-hybridized carbons (Fsp3) is 0.545. The SMILES string of the molecule is O=C(CC[C@H]1CCCN(Cc2cn[nH]c2-c2ccccc2)C1)N1CCOCC1. The van der Waals surface area contributed by atoms with Gasteiger partial charge in [0.15, 0.2) is 0 Å². The number of likely N-dealkylation sites (tertiary alicyclic amines) is 1. The molecule has 0 spiro atoms. The molecule has 1 amide bonds. The van der Waals surface area contributed by atoms with E-state index in [1.807, 2.05) is 17.2 Å². The van der Waals surface area contributed by atoms with Crippen LogP contribution in [0.3, 0.4) is 0 Å². The fourth-order valence-corrected chi connectivity index (χ4v) is 4.36. The third kappa shape index (κ3) is 4.80. The highest BCUT2D eigenvalue weighted by Crippen LogP contribution is 2.26. The second-order valence-electron chi connectivity index (χ2n) is 7.91. The molecule has 4 rings (SSSR count). The lowest BCUT2D eigenvalue weighted by atomic mass is 9.92. The molecule has 1 aromatic heterocycles. The lowest BCUT2D eigenvalue weighted by Crippen LogP contribution is -2.41. The normalized spacial score (nSPS) is 21.0. The van der Waals surface area contributed by atoms with E-state index in [1.54, 1.807) is 0 Å². The molecule has 1 atom stereocenters. The summed E-state index contributed by atoms with van der Waals surface area (Å²) in [6.07, 6.45) is 6.04. The van der Waals surface area contributed by atoms with Crippen molar-refractivity contribution in [2.24, 2.45) is 5.92 Å². The topological polar surface area (TPSA) is 61.5 Å². The van der Waals surface area contributed by atoms with Gasteiger partial charge in [0.2, 0.25) is 5.91 Å². The summed E-state index contributed by atoms with van der Waals surface area (Å²) >= 11 is 0. The molecule has 6 nitrogen and oxygen atoms in total. The quantitative estimate of drug-likeness (QED) is 0.834. The van der Waals surface area contributed by atoms with Gasteiger partial charge < -0.3 is 9.64 Å². The predicted molar refractivity (Wildman–Crippen MR) is 109 cm³/mol. The summed E-state index contributed by atoms with van der Waals surface area (Å²) in [6.45, 7) is 5.95. The minimum atomic E-state index is 0.293. The summed E-state index contributed by atoms with van der Waals surface area (Å²) in [5.41, 5.74) is 3.54. The summed E-state index contributed by atoms with van der Waals surface area (Å²) in [6, 6.07) is 10.4. The summed E-state index contributed by atoms with van der Waals surface area (Å²) in [5, 5.41) is 7.44. The number of amides is 1. The molecular formula is C22H30N4O2. The predicted octanol–water partition coefficient (Wildman–Crippen LogP) is 2.93. The number of ether oxygens (including phenoxy) is 1. The van der Waals surface area contributed by atoms with Gasteiger partial charge in [0.25, 0.3) is 0 Å². The first-order valence-electron chi connectivity index (χ1n) is 10.4. The first kappa shape index (κ1) is 19.2. The average molecular weight is 383 g/mol. The fourth-order valence-electron chi connectivity index (χ4n) is 4.36. The number of morpholine rings is 1. The van der Waals surface area contributed by atoms with Gasteiger partial charge >= 0.3 is 0 Å². The number of nitrogens with zero attached hydrogens (tertiary/aromatic N) is 3. The molecule has 3 heterocycles. The summed E-state index contributed by atoms with van der Waals surface area (Å²) in [5.74, 6) is 0.896. The van der Waals surface area contributed by atoms with Crippen molar-refractivity contribution >= 4 is 5.91 Å². The van der Waals surface area contributed by atoms with Gasteiger partial charge in [-0.2, -0.15) is 5.10 Å². The third-order valence-electron chi connectivity index (χ3n) is 5.91. The molecule has 0 saturated carbocycles. The summed E-state index contributed by atoms with van der Waals surface area (Å²) in [7, 11) is 0. The highest BCUT2D eigenvalue weighted by atomic mass is 16.5. The maximum atomic E-state index is 12.4. The largest absolute Gasteiger partial charge is 0.378 e. The number of benzene rings is 1. The number of aromatic amines is 1. The zero-order valence-electron chi connectivity index (χ0n) is 16.5. The van der Waals surface area contributed by atoms with Gasteiger partial charge in [0, 0.05) is 38.2 Å². The van der Waals surface area contributed by atoms with Crippen LogP contribution in [0, 0.1) is 5.92 Å². The molecule has 2 aromatic rings. The number of aromatic nitrogens is 2. The first-order chi connectivity index (χ1) is 13.8. The van der Waals surface area contributed by atoms with Crippen LogP contribution in [0.2, 0.25) is 0 Å². The molecule has 0 radical (unpaired) electrons. The van der Waals surface area contributed by atoms with Crippen molar-refractivity contribution in [2.75, 3.05) is 39.4 Å². The van der Waals surface area contributed by atoms with Crippen molar-refractivity contribution < 1.29 is 9.53 Å². The molecule has 28 heavy (non-hydrogen) atoms. The van der Waals surface area contributed by atoms with E-state index >= 15 is 0 Å².